The molecule has 0 atom stereocenters. The van der Waals surface area contributed by atoms with Crippen LogP contribution in [-0.4, -0.2) is 19.7 Å². The zero-order valence-electron chi connectivity index (χ0n) is 15.5. The van der Waals surface area contributed by atoms with Gasteiger partial charge in [-0.3, -0.25) is 10.1 Å². The summed E-state index contributed by atoms with van der Waals surface area (Å²) in [7, 11) is 0. The predicted octanol–water partition coefficient (Wildman–Crippen LogP) is 5.64. The van der Waals surface area contributed by atoms with E-state index in [1.54, 1.807) is 35.2 Å². The molecule has 2 heterocycles. The molecule has 1 aromatic carbocycles. The standard InChI is InChI=1S/C20H22N4O2S2/c25-24(26)17-9-4-6-15(12-17)14-28-20-22-21-19(13-18-10-5-11-27-18)23(20)16-7-2-1-3-8-16/h4-6,9-12,16H,1-3,7-8,13-14H2. The Labute approximate surface area is 172 Å². The van der Waals surface area contributed by atoms with Crippen LogP contribution < -0.4 is 0 Å². The van der Waals surface area contributed by atoms with Crippen LogP contribution in [0.5, 0.6) is 0 Å². The van der Waals surface area contributed by atoms with Gasteiger partial charge < -0.3 is 4.57 Å². The summed E-state index contributed by atoms with van der Waals surface area (Å²) in [5.41, 5.74) is 1.06. The lowest BCUT2D eigenvalue weighted by molar-refractivity contribution is -0.384. The minimum Gasteiger partial charge on any atom is -0.303 e. The maximum Gasteiger partial charge on any atom is 0.269 e. The van der Waals surface area contributed by atoms with Crippen molar-refractivity contribution in [2.45, 2.75) is 55.5 Å². The summed E-state index contributed by atoms with van der Waals surface area (Å²) in [6.45, 7) is 0. The number of thioether (sulfide) groups is 1. The van der Waals surface area contributed by atoms with Crippen molar-refractivity contribution < 1.29 is 4.92 Å². The highest BCUT2D eigenvalue weighted by Crippen LogP contribution is 2.34. The molecule has 0 bridgehead atoms. The molecule has 28 heavy (non-hydrogen) atoms. The van der Waals surface area contributed by atoms with Crippen molar-refractivity contribution in [3.63, 3.8) is 0 Å². The number of nitro benzene ring substituents is 1. The lowest BCUT2D eigenvalue weighted by Crippen LogP contribution is -2.16. The van der Waals surface area contributed by atoms with Crippen molar-refractivity contribution in [2.75, 3.05) is 0 Å². The molecular weight excluding hydrogens is 392 g/mol. The minimum atomic E-state index is -0.349. The van der Waals surface area contributed by atoms with Crippen LogP contribution in [0, 0.1) is 10.1 Å². The van der Waals surface area contributed by atoms with E-state index in [-0.39, 0.29) is 10.6 Å². The SMILES string of the molecule is O=[N+]([O-])c1cccc(CSc2nnc(Cc3cccs3)n2C2CCCCC2)c1. The summed E-state index contributed by atoms with van der Waals surface area (Å²) in [5, 5.41) is 23.0. The topological polar surface area (TPSA) is 73.8 Å². The molecule has 1 saturated carbocycles. The number of hydrogen-bond acceptors (Lipinski definition) is 6. The molecule has 0 amide bonds. The number of rotatable bonds is 7. The maximum absolute atomic E-state index is 11.0. The molecule has 1 fully saturated rings. The Balaban J connectivity index is 1.56. The normalized spacial score (nSPS) is 15.0. The van der Waals surface area contributed by atoms with Crippen molar-refractivity contribution in [3.8, 4) is 0 Å². The molecule has 0 saturated heterocycles. The lowest BCUT2D eigenvalue weighted by Gasteiger charge is -2.25. The molecule has 1 aliphatic rings. The van der Waals surface area contributed by atoms with E-state index in [1.807, 2.05) is 6.07 Å². The second-order valence-corrected chi connectivity index (χ2v) is 9.01. The average Bonchev–Trinajstić information content (AvgIpc) is 3.37. The van der Waals surface area contributed by atoms with Crippen LogP contribution in [0.1, 0.15) is 54.4 Å². The van der Waals surface area contributed by atoms with Gasteiger partial charge in [0.05, 0.1) is 4.92 Å². The van der Waals surface area contributed by atoms with E-state index in [0.29, 0.717) is 11.8 Å². The molecule has 0 radical (unpaired) electrons. The van der Waals surface area contributed by atoms with E-state index in [9.17, 15) is 10.1 Å². The van der Waals surface area contributed by atoms with Crippen molar-refractivity contribution >= 4 is 28.8 Å². The lowest BCUT2D eigenvalue weighted by atomic mass is 9.95. The molecule has 1 aliphatic carbocycles. The maximum atomic E-state index is 11.0. The van der Waals surface area contributed by atoms with Gasteiger partial charge in [0.25, 0.3) is 5.69 Å². The third-order valence-corrected chi connectivity index (χ3v) is 6.97. The molecule has 8 heteroatoms. The molecule has 3 aromatic rings. The van der Waals surface area contributed by atoms with E-state index in [1.165, 1.54) is 43.0 Å². The van der Waals surface area contributed by atoms with Crippen LogP contribution in [-0.2, 0) is 12.2 Å². The first kappa shape index (κ1) is 19.1. The monoisotopic (exact) mass is 414 g/mol. The molecule has 0 spiro atoms. The van der Waals surface area contributed by atoms with Crippen LogP contribution in [0.15, 0.2) is 46.9 Å². The van der Waals surface area contributed by atoms with E-state index in [4.69, 9.17) is 0 Å². The number of hydrogen-bond donors (Lipinski definition) is 0. The quantitative estimate of drug-likeness (QED) is 0.284. The number of nitrogens with zero attached hydrogens (tertiary/aromatic N) is 4. The number of nitro groups is 1. The average molecular weight is 415 g/mol. The third kappa shape index (κ3) is 4.44. The third-order valence-electron chi connectivity index (χ3n) is 5.08. The number of benzene rings is 1. The van der Waals surface area contributed by atoms with E-state index < -0.39 is 0 Å². The van der Waals surface area contributed by atoms with Crippen molar-refractivity contribution in [3.05, 3.63) is 68.2 Å². The fourth-order valence-electron chi connectivity index (χ4n) is 3.71. The van der Waals surface area contributed by atoms with E-state index in [0.717, 1.165) is 23.0 Å². The molecule has 6 nitrogen and oxygen atoms in total. The van der Waals surface area contributed by atoms with Gasteiger partial charge in [-0.05, 0) is 29.9 Å². The Morgan fingerprint density at radius 1 is 1.18 bits per heavy atom. The largest absolute Gasteiger partial charge is 0.303 e. The van der Waals surface area contributed by atoms with Gasteiger partial charge in [0.2, 0.25) is 0 Å². The summed E-state index contributed by atoms with van der Waals surface area (Å²) < 4.78 is 2.33. The van der Waals surface area contributed by atoms with Gasteiger partial charge in [-0.2, -0.15) is 0 Å². The Kier molecular flexibility index (Phi) is 6.07. The molecule has 0 aliphatic heterocycles. The molecular formula is C20H22N4O2S2. The first-order chi connectivity index (χ1) is 13.7. The highest BCUT2D eigenvalue weighted by Gasteiger charge is 2.23. The molecule has 0 N–H and O–H groups in total. The van der Waals surface area contributed by atoms with Gasteiger partial charge in [-0.25, -0.2) is 0 Å². The predicted molar refractivity (Wildman–Crippen MR) is 112 cm³/mol. The summed E-state index contributed by atoms with van der Waals surface area (Å²) in [4.78, 5) is 12.0. The highest BCUT2D eigenvalue weighted by molar-refractivity contribution is 7.98. The highest BCUT2D eigenvalue weighted by atomic mass is 32.2. The van der Waals surface area contributed by atoms with Crippen LogP contribution >= 0.6 is 23.1 Å². The number of non-ortho nitro benzene ring substituents is 1. The van der Waals surface area contributed by atoms with Crippen molar-refractivity contribution in [2.24, 2.45) is 0 Å². The Morgan fingerprint density at radius 3 is 2.79 bits per heavy atom. The second kappa shape index (κ2) is 8.87. The Hall–Kier alpha value is -2.19. The summed E-state index contributed by atoms with van der Waals surface area (Å²) in [5.74, 6) is 1.67. The van der Waals surface area contributed by atoms with Gasteiger partial charge in [-0.1, -0.05) is 49.2 Å². The molecule has 2 aromatic heterocycles. The zero-order valence-corrected chi connectivity index (χ0v) is 17.1. The minimum absolute atomic E-state index is 0.130. The molecule has 146 valence electrons. The van der Waals surface area contributed by atoms with Crippen LogP contribution in [0.25, 0.3) is 0 Å². The summed E-state index contributed by atoms with van der Waals surface area (Å²) >= 11 is 3.36. The van der Waals surface area contributed by atoms with Gasteiger partial charge >= 0.3 is 0 Å². The Morgan fingerprint density at radius 2 is 2.04 bits per heavy atom. The van der Waals surface area contributed by atoms with Gasteiger partial charge in [0, 0.05) is 35.2 Å². The second-order valence-electron chi connectivity index (χ2n) is 7.03. The zero-order chi connectivity index (χ0) is 19.3. The smallest absolute Gasteiger partial charge is 0.269 e. The van der Waals surface area contributed by atoms with Gasteiger partial charge in [-0.15, -0.1) is 21.5 Å². The summed E-state index contributed by atoms with van der Waals surface area (Å²) in [6.07, 6.45) is 6.93. The van der Waals surface area contributed by atoms with Crippen LogP contribution in [0.4, 0.5) is 5.69 Å². The van der Waals surface area contributed by atoms with Gasteiger partial charge in [0.1, 0.15) is 5.82 Å². The fraction of sp³-hybridized carbons (Fsp3) is 0.400. The van der Waals surface area contributed by atoms with E-state index >= 15 is 0 Å². The van der Waals surface area contributed by atoms with E-state index in [2.05, 4.69) is 32.3 Å². The number of aromatic nitrogens is 3. The first-order valence-electron chi connectivity index (χ1n) is 9.53. The number of thiophene rings is 1. The van der Waals surface area contributed by atoms with Crippen LogP contribution in [0.3, 0.4) is 0 Å². The molecule has 0 unspecified atom stereocenters. The first-order valence-corrected chi connectivity index (χ1v) is 11.4. The van der Waals surface area contributed by atoms with Crippen LogP contribution in [0.2, 0.25) is 0 Å². The fourth-order valence-corrected chi connectivity index (χ4v) is 5.38. The van der Waals surface area contributed by atoms with Crippen molar-refractivity contribution in [1.29, 1.82) is 0 Å². The Bertz CT molecular complexity index is 934. The molecule has 4 rings (SSSR count). The summed E-state index contributed by atoms with van der Waals surface area (Å²) in [6, 6.07) is 11.5. The van der Waals surface area contributed by atoms with Gasteiger partial charge in [0.15, 0.2) is 5.16 Å². The van der Waals surface area contributed by atoms with Crippen molar-refractivity contribution in [1.82, 2.24) is 14.8 Å².